The monoisotopic (exact) mass is 568 g/mol. The van der Waals surface area contributed by atoms with E-state index < -0.39 is 28.1 Å². The van der Waals surface area contributed by atoms with Crippen LogP contribution in [0.2, 0.25) is 0 Å². The summed E-state index contributed by atoms with van der Waals surface area (Å²) in [7, 11) is 1.96. The van der Waals surface area contributed by atoms with Crippen molar-refractivity contribution in [1.82, 2.24) is 14.8 Å². The van der Waals surface area contributed by atoms with E-state index in [0.717, 1.165) is 54.0 Å². The van der Waals surface area contributed by atoms with Gasteiger partial charge in [0.15, 0.2) is 0 Å². The van der Waals surface area contributed by atoms with E-state index in [1.807, 2.05) is 49.2 Å². The molecule has 3 heterocycles. The van der Waals surface area contributed by atoms with Gasteiger partial charge in [-0.2, -0.15) is 0 Å². The summed E-state index contributed by atoms with van der Waals surface area (Å²) in [6, 6.07) is 13.7. The number of carbonyl (C=O) groups excluding carboxylic acids is 2. The van der Waals surface area contributed by atoms with E-state index in [0.29, 0.717) is 37.3 Å². The van der Waals surface area contributed by atoms with Gasteiger partial charge in [0.25, 0.3) is 0 Å². The molecule has 6 nitrogen and oxygen atoms in total. The number of hydrogen-bond donors (Lipinski definition) is 1. The maximum atomic E-state index is 14.4. The van der Waals surface area contributed by atoms with Crippen LogP contribution in [0.5, 0.6) is 0 Å². The highest BCUT2D eigenvalue weighted by Gasteiger charge is 2.56. The number of anilines is 1. The molecule has 216 valence electrons. The van der Waals surface area contributed by atoms with Crippen LogP contribution >= 0.6 is 0 Å². The van der Waals surface area contributed by atoms with Crippen LogP contribution in [-0.4, -0.2) is 52.3 Å². The van der Waals surface area contributed by atoms with Crippen LogP contribution in [0.3, 0.4) is 0 Å². The van der Waals surface area contributed by atoms with Crippen molar-refractivity contribution < 1.29 is 18.4 Å². The molecule has 1 aromatic heterocycles. The Balaban J connectivity index is 1.17. The highest BCUT2D eigenvalue weighted by molar-refractivity contribution is 6.06. The van der Waals surface area contributed by atoms with Gasteiger partial charge in [0.1, 0.15) is 23.0 Å². The van der Waals surface area contributed by atoms with Crippen molar-refractivity contribution in [2.75, 3.05) is 25.5 Å². The number of fused-ring (bicyclic) bond motifs is 3. The standard InChI is InChI=1S/C34H34F2N4O2/c1-32(25-16-26(35)18-27(36)17-25)21-39(2)34(11-3-4-12-34)31(42)40(32)14-6-7-22-9-10-23-19-33(20-24(23)15-22)28-8-5-13-37-29(28)38-30(33)41/h5-10,13,15-18H,3-4,11-12,14,19-21H2,1-2H3,(H,37,38,41)/b7-6-/t32-,33-/m1/s1. The molecular weight excluding hydrogens is 534 g/mol. The zero-order valence-electron chi connectivity index (χ0n) is 23.9. The number of benzene rings is 2. The molecule has 0 bridgehead atoms. The molecule has 2 aliphatic heterocycles. The largest absolute Gasteiger partial charge is 0.327 e. The quantitative estimate of drug-likeness (QED) is 0.460. The Hall–Kier alpha value is -3.91. The molecule has 8 heteroatoms. The molecule has 2 fully saturated rings. The fourth-order valence-corrected chi connectivity index (χ4v) is 7.97. The van der Waals surface area contributed by atoms with Crippen LogP contribution in [0.15, 0.2) is 60.8 Å². The second-order valence-electron chi connectivity index (χ2n) is 12.7. The minimum Gasteiger partial charge on any atom is -0.327 e. The van der Waals surface area contributed by atoms with Crippen molar-refractivity contribution in [2.45, 2.75) is 61.9 Å². The predicted molar refractivity (Wildman–Crippen MR) is 157 cm³/mol. The summed E-state index contributed by atoms with van der Waals surface area (Å²) in [5, 5.41) is 2.95. The summed E-state index contributed by atoms with van der Waals surface area (Å²) in [5.41, 5.74) is 2.55. The second-order valence-corrected chi connectivity index (χ2v) is 12.7. The second kappa shape index (κ2) is 9.56. The smallest absolute Gasteiger partial charge is 0.244 e. The Morgan fingerprint density at radius 3 is 2.50 bits per heavy atom. The van der Waals surface area contributed by atoms with Crippen molar-refractivity contribution >= 4 is 23.7 Å². The summed E-state index contributed by atoms with van der Waals surface area (Å²) in [4.78, 5) is 35.6. The molecule has 1 N–H and O–H groups in total. The number of aromatic nitrogens is 1. The lowest BCUT2D eigenvalue weighted by atomic mass is 9.79. The Labute approximate surface area is 244 Å². The van der Waals surface area contributed by atoms with Gasteiger partial charge in [-0.05, 0) is 80.1 Å². The van der Waals surface area contributed by atoms with Gasteiger partial charge in [0, 0.05) is 30.9 Å². The van der Waals surface area contributed by atoms with Gasteiger partial charge in [-0.15, -0.1) is 0 Å². The van der Waals surface area contributed by atoms with Gasteiger partial charge in [0.05, 0.1) is 11.0 Å². The lowest BCUT2D eigenvalue weighted by Gasteiger charge is -2.55. The van der Waals surface area contributed by atoms with Crippen molar-refractivity contribution in [3.63, 3.8) is 0 Å². The lowest BCUT2D eigenvalue weighted by molar-refractivity contribution is -0.162. The Morgan fingerprint density at radius 2 is 1.74 bits per heavy atom. The van der Waals surface area contributed by atoms with E-state index in [2.05, 4.69) is 27.3 Å². The number of carbonyl (C=O) groups is 2. The molecule has 4 aliphatic rings. The predicted octanol–water partition coefficient (Wildman–Crippen LogP) is 5.36. The van der Waals surface area contributed by atoms with Gasteiger partial charge in [-0.3, -0.25) is 14.5 Å². The van der Waals surface area contributed by atoms with E-state index in [9.17, 15) is 18.4 Å². The molecule has 3 aromatic rings. The van der Waals surface area contributed by atoms with Gasteiger partial charge in [-0.1, -0.05) is 49.3 Å². The zero-order chi connectivity index (χ0) is 29.3. The Bertz CT molecular complexity index is 1630. The molecule has 2 aromatic carbocycles. The molecule has 2 atom stereocenters. The normalized spacial score (nSPS) is 26.4. The average Bonchev–Trinajstić information content (AvgIpc) is 3.66. The fraction of sp³-hybridized carbons (Fsp3) is 0.382. The van der Waals surface area contributed by atoms with E-state index in [-0.39, 0.29) is 11.8 Å². The summed E-state index contributed by atoms with van der Waals surface area (Å²) < 4.78 is 28.7. The van der Waals surface area contributed by atoms with Crippen LogP contribution in [-0.2, 0) is 33.4 Å². The number of likely N-dealkylation sites (N-methyl/N-ethyl adjacent to an activating group) is 1. The molecule has 7 rings (SSSR count). The third kappa shape index (κ3) is 3.95. The van der Waals surface area contributed by atoms with Gasteiger partial charge >= 0.3 is 0 Å². The number of hydrogen-bond acceptors (Lipinski definition) is 4. The van der Waals surface area contributed by atoms with Crippen molar-refractivity contribution in [3.8, 4) is 0 Å². The number of nitrogens with zero attached hydrogens (tertiary/aromatic N) is 3. The van der Waals surface area contributed by atoms with E-state index in [1.54, 1.807) is 6.20 Å². The first-order valence-corrected chi connectivity index (χ1v) is 14.7. The van der Waals surface area contributed by atoms with Crippen LogP contribution < -0.4 is 5.32 Å². The van der Waals surface area contributed by atoms with Crippen molar-refractivity contribution in [2.24, 2.45) is 0 Å². The first kappa shape index (κ1) is 27.0. The number of piperazine rings is 1. The van der Waals surface area contributed by atoms with Crippen LogP contribution in [0, 0.1) is 11.6 Å². The molecule has 1 saturated heterocycles. The maximum absolute atomic E-state index is 14.4. The molecule has 42 heavy (non-hydrogen) atoms. The Morgan fingerprint density at radius 1 is 1.00 bits per heavy atom. The molecule has 0 unspecified atom stereocenters. The van der Waals surface area contributed by atoms with Gasteiger partial charge in [0.2, 0.25) is 11.8 Å². The topological polar surface area (TPSA) is 65.5 Å². The van der Waals surface area contributed by atoms with Gasteiger partial charge < -0.3 is 10.2 Å². The summed E-state index contributed by atoms with van der Waals surface area (Å²) in [6.45, 7) is 2.69. The number of pyridine rings is 1. The van der Waals surface area contributed by atoms with Crippen LogP contribution in [0.25, 0.3) is 6.08 Å². The number of halogens is 2. The average molecular weight is 569 g/mol. The summed E-state index contributed by atoms with van der Waals surface area (Å²) in [5.74, 6) is -0.645. The third-order valence-corrected chi connectivity index (χ3v) is 10.2. The molecule has 0 radical (unpaired) electrons. The van der Waals surface area contributed by atoms with E-state index in [4.69, 9.17) is 0 Å². The molecule has 2 aliphatic carbocycles. The maximum Gasteiger partial charge on any atom is 0.244 e. The van der Waals surface area contributed by atoms with Crippen molar-refractivity contribution in [1.29, 1.82) is 0 Å². The van der Waals surface area contributed by atoms with E-state index >= 15 is 0 Å². The Kier molecular flexibility index (Phi) is 6.13. The van der Waals surface area contributed by atoms with E-state index in [1.165, 1.54) is 12.1 Å². The minimum absolute atomic E-state index is 0.00742. The number of amides is 2. The summed E-state index contributed by atoms with van der Waals surface area (Å²) in [6.07, 6.45) is 10.4. The fourth-order valence-electron chi connectivity index (χ4n) is 7.97. The highest BCUT2D eigenvalue weighted by atomic mass is 19.1. The molecule has 1 saturated carbocycles. The first-order chi connectivity index (χ1) is 20.1. The zero-order valence-corrected chi connectivity index (χ0v) is 23.9. The molecule has 2 amide bonds. The van der Waals surface area contributed by atoms with Crippen LogP contribution in [0.1, 0.15) is 60.4 Å². The van der Waals surface area contributed by atoms with Gasteiger partial charge in [-0.25, -0.2) is 13.8 Å². The minimum atomic E-state index is -0.908. The van der Waals surface area contributed by atoms with Crippen LogP contribution in [0.4, 0.5) is 14.6 Å². The third-order valence-electron chi connectivity index (χ3n) is 10.2. The molecule has 2 spiro atoms. The number of rotatable bonds is 4. The van der Waals surface area contributed by atoms with Crippen molar-refractivity contribution in [3.05, 3.63) is 100 Å². The summed E-state index contributed by atoms with van der Waals surface area (Å²) >= 11 is 0. The lowest BCUT2D eigenvalue weighted by Crippen LogP contribution is -2.70. The number of nitrogens with one attached hydrogen (secondary N) is 1. The highest BCUT2D eigenvalue weighted by Crippen LogP contribution is 2.47. The molecular formula is C34H34F2N4O2. The SMILES string of the molecule is CN1C[C@](C)(c2cc(F)cc(F)c2)N(C/C=C\c2ccc3c(c2)C[C@@]2(C3)C(=O)Nc3ncccc32)C(=O)C12CCCC2. The first-order valence-electron chi connectivity index (χ1n) is 14.7.